The van der Waals surface area contributed by atoms with Crippen molar-refractivity contribution in [2.45, 2.75) is 25.8 Å². The number of halogens is 1. The van der Waals surface area contributed by atoms with Crippen molar-refractivity contribution < 1.29 is 4.39 Å². The fraction of sp³-hybridized carbons (Fsp3) is 0.391. The van der Waals surface area contributed by atoms with Gasteiger partial charge >= 0.3 is 0 Å². The average molecular weight is 350 g/mol. The van der Waals surface area contributed by atoms with E-state index in [9.17, 15) is 4.39 Å². The molecule has 0 aliphatic carbocycles. The Morgan fingerprint density at radius 2 is 1.73 bits per heavy atom. The highest BCUT2D eigenvalue weighted by Gasteiger charge is 2.43. The smallest absolute Gasteiger partial charge is 0.123 e. The second-order valence-electron chi connectivity index (χ2n) is 7.90. The largest absolute Gasteiger partial charge is 0.315 e. The first-order chi connectivity index (χ1) is 12.6. The van der Waals surface area contributed by atoms with Crippen LogP contribution in [0.2, 0.25) is 0 Å². The molecule has 2 aromatic rings. The SMILES string of the molecule is C=C1CCNC[C@]12CCN(C(c1ccc(C)cc1)c1ccc(F)cc1)C2. The third kappa shape index (κ3) is 3.22. The Balaban J connectivity index is 1.68. The molecule has 2 fully saturated rings. The van der Waals surface area contributed by atoms with Gasteiger partial charge in [-0.15, -0.1) is 0 Å². The molecule has 2 heterocycles. The molecule has 136 valence electrons. The Bertz CT molecular complexity index is 735. The van der Waals surface area contributed by atoms with Crippen LogP contribution in [-0.4, -0.2) is 31.1 Å². The minimum absolute atomic E-state index is 0.158. The first kappa shape index (κ1) is 17.4. The molecule has 2 saturated heterocycles. The van der Waals surface area contributed by atoms with E-state index in [2.05, 4.69) is 48.0 Å². The minimum atomic E-state index is -0.181. The molecular weight excluding hydrogens is 323 g/mol. The molecule has 1 spiro atoms. The van der Waals surface area contributed by atoms with Crippen LogP contribution in [0.4, 0.5) is 4.39 Å². The summed E-state index contributed by atoms with van der Waals surface area (Å²) in [4.78, 5) is 2.55. The molecule has 4 rings (SSSR count). The third-order valence-corrected chi connectivity index (χ3v) is 6.14. The Labute approximate surface area is 155 Å². The first-order valence-electron chi connectivity index (χ1n) is 9.52. The highest BCUT2D eigenvalue weighted by molar-refractivity contribution is 5.34. The summed E-state index contributed by atoms with van der Waals surface area (Å²) in [6, 6.07) is 15.9. The lowest BCUT2D eigenvalue weighted by Gasteiger charge is -2.38. The number of hydrogen-bond donors (Lipinski definition) is 1. The van der Waals surface area contributed by atoms with Crippen LogP contribution < -0.4 is 5.32 Å². The second-order valence-corrected chi connectivity index (χ2v) is 7.90. The van der Waals surface area contributed by atoms with Gasteiger partial charge in [0.1, 0.15) is 5.82 Å². The molecular formula is C23H27FN2. The molecule has 0 aromatic heterocycles. The molecule has 1 N–H and O–H groups in total. The predicted molar refractivity (Wildman–Crippen MR) is 105 cm³/mol. The number of piperidine rings is 1. The Morgan fingerprint density at radius 3 is 2.38 bits per heavy atom. The lowest BCUT2D eigenvalue weighted by molar-refractivity contribution is 0.231. The van der Waals surface area contributed by atoms with Crippen LogP contribution in [0.1, 0.15) is 35.6 Å². The normalized spacial score (nSPS) is 24.9. The molecule has 2 nitrogen and oxygen atoms in total. The lowest BCUT2D eigenvalue weighted by Crippen LogP contribution is -2.43. The van der Waals surface area contributed by atoms with Crippen LogP contribution in [-0.2, 0) is 0 Å². The van der Waals surface area contributed by atoms with E-state index in [-0.39, 0.29) is 17.3 Å². The molecule has 2 aliphatic rings. The van der Waals surface area contributed by atoms with Crippen LogP contribution in [0.5, 0.6) is 0 Å². The summed E-state index contributed by atoms with van der Waals surface area (Å²) in [6.07, 6.45) is 2.21. The van der Waals surface area contributed by atoms with Crippen molar-refractivity contribution in [3.8, 4) is 0 Å². The molecule has 3 heteroatoms. The van der Waals surface area contributed by atoms with E-state index in [1.54, 1.807) is 12.1 Å². The van der Waals surface area contributed by atoms with Gasteiger partial charge in [-0.3, -0.25) is 4.90 Å². The molecule has 0 saturated carbocycles. The van der Waals surface area contributed by atoms with Crippen molar-refractivity contribution >= 4 is 0 Å². The maximum absolute atomic E-state index is 13.5. The topological polar surface area (TPSA) is 15.3 Å². The van der Waals surface area contributed by atoms with E-state index in [1.165, 1.54) is 16.7 Å². The van der Waals surface area contributed by atoms with Crippen molar-refractivity contribution in [3.05, 3.63) is 83.2 Å². The maximum Gasteiger partial charge on any atom is 0.123 e. The van der Waals surface area contributed by atoms with Gasteiger partial charge in [-0.2, -0.15) is 0 Å². The van der Waals surface area contributed by atoms with Crippen LogP contribution in [0, 0.1) is 18.2 Å². The van der Waals surface area contributed by atoms with Gasteiger partial charge in [-0.25, -0.2) is 4.39 Å². The number of benzene rings is 2. The quantitative estimate of drug-likeness (QED) is 0.822. The van der Waals surface area contributed by atoms with Gasteiger partial charge in [0.25, 0.3) is 0 Å². The van der Waals surface area contributed by atoms with E-state index in [4.69, 9.17) is 0 Å². The van der Waals surface area contributed by atoms with Crippen LogP contribution in [0.15, 0.2) is 60.7 Å². The molecule has 0 bridgehead atoms. The Kier molecular flexibility index (Phi) is 4.68. The zero-order chi connectivity index (χ0) is 18.1. The van der Waals surface area contributed by atoms with Crippen LogP contribution >= 0.6 is 0 Å². The van der Waals surface area contributed by atoms with E-state index in [1.807, 2.05) is 12.1 Å². The van der Waals surface area contributed by atoms with E-state index < -0.39 is 0 Å². The summed E-state index contributed by atoms with van der Waals surface area (Å²) in [5.74, 6) is -0.181. The molecule has 0 radical (unpaired) electrons. The number of nitrogens with one attached hydrogen (secondary N) is 1. The van der Waals surface area contributed by atoms with Gasteiger partial charge in [0.15, 0.2) is 0 Å². The minimum Gasteiger partial charge on any atom is -0.315 e. The summed E-state index contributed by atoms with van der Waals surface area (Å²) in [5, 5.41) is 3.56. The number of aryl methyl sites for hydroxylation is 1. The maximum atomic E-state index is 13.5. The molecule has 2 atom stereocenters. The fourth-order valence-corrected chi connectivity index (χ4v) is 4.52. The average Bonchev–Trinajstić information content (AvgIpc) is 3.06. The standard InChI is InChI=1S/C23H27FN2/c1-17-3-5-19(6-4-17)22(20-7-9-21(24)10-8-20)26-14-12-23(16-26)15-25-13-11-18(23)2/h3-10,22,25H,2,11-16H2,1H3/t22?,23-/m0/s1. The van der Waals surface area contributed by atoms with Gasteiger partial charge in [-0.1, -0.05) is 54.1 Å². The zero-order valence-corrected chi connectivity index (χ0v) is 15.5. The zero-order valence-electron chi connectivity index (χ0n) is 15.5. The van der Waals surface area contributed by atoms with Crippen molar-refractivity contribution in [2.24, 2.45) is 5.41 Å². The summed E-state index contributed by atoms with van der Waals surface area (Å²) in [7, 11) is 0. The molecule has 1 unspecified atom stereocenters. The van der Waals surface area contributed by atoms with Crippen molar-refractivity contribution in [2.75, 3.05) is 26.2 Å². The van der Waals surface area contributed by atoms with E-state index in [0.717, 1.165) is 44.6 Å². The Morgan fingerprint density at radius 1 is 1.08 bits per heavy atom. The highest BCUT2D eigenvalue weighted by atomic mass is 19.1. The first-order valence-corrected chi connectivity index (χ1v) is 9.52. The van der Waals surface area contributed by atoms with Gasteiger partial charge in [0.05, 0.1) is 6.04 Å². The molecule has 2 aliphatic heterocycles. The monoisotopic (exact) mass is 350 g/mol. The van der Waals surface area contributed by atoms with E-state index in [0.29, 0.717) is 0 Å². The third-order valence-electron chi connectivity index (χ3n) is 6.14. The van der Waals surface area contributed by atoms with Crippen molar-refractivity contribution in [1.82, 2.24) is 10.2 Å². The van der Waals surface area contributed by atoms with Gasteiger partial charge in [0.2, 0.25) is 0 Å². The summed E-state index contributed by atoms with van der Waals surface area (Å²) in [5.41, 5.74) is 5.26. The summed E-state index contributed by atoms with van der Waals surface area (Å²) < 4.78 is 13.5. The van der Waals surface area contributed by atoms with Gasteiger partial charge in [-0.05, 0) is 49.6 Å². The summed E-state index contributed by atoms with van der Waals surface area (Å²) in [6.45, 7) is 10.6. The van der Waals surface area contributed by atoms with Crippen LogP contribution in [0.25, 0.3) is 0 Å². The molecule has 0 amide bonds. The number of nitrogens with zero attached hydrogens (tertiary/aromatic N) is 1. The van der Waals surface area contributed by atoms with Crippen molar-refractivity contribution in [1.29, 1.82) is 0 Å². The van der Waals surface area contributed by atoms with Crippen LogP contribution in [0.3, 0.4) is 0 Å². The Hall–Kier alpha value is -1.97. The predicted octanol–water partition coefficient (Wildman–Crippen LogP) is 4.47. The lowest BCUT2D eigenvalue weighted by atomic mass is 9.76. The number of hydrogen-bond acceptors (Lipinski definition) is 2. The van der Waals surface area contributed by atoms with Gasteiger partial charge in [0, 0.05) is 25.0 Å². The fourth-order valence-electron chi connectivity index (χ4n) is 4.52. The number of likely N-dealkylation sites (tertiary alicyclic amines) is 1. The second kappa shape index (κ2) is 6.98. The van der Waals surface area contributed by atoms with Crippen molar-refractivity contribution in [3.63, 3.8) is 0 Å². The highest BCUT2D eigenvalue weighted by Crippen LogP contribution is 2.44. The molecule has 26 heavy (non-hydrogen) atoms. The van der Waals surface area contributed by atoms with Gasteiger partial charge < -0.3 is 5.32 Å². The number of rotatable bonds is 3. The summed E-state index contributed by atoms with van der Waals surface area (Å²) >= 11 is 0. The molecule has 2 aromatic carbocycles. The van der Waals surface area contributed by atoms with E-state index >= 15 is 0 Å².